The fourth-order valence-electron chi connectivity index (χ4n) is 0.895. The van der Waals surface area contributed by atoms with Crippen LogP contribution in [0.25, 0.3) is 11.1 Å². The van der Waals surface area contributed by atoms with E-state index in [-0.39, 0.29) is 0 Å². The van der Waals surface area contributed by atoms with Crippen LogP contribution in [0, 0.1) is 11.3 Å². The van der Waals surface area contributed by atoms with E-state index in [0.29, 0.717) is 16.7 Å². The number of aromatic nitrogens is 2. The first-order valence-corrected chi connectivity index (χ1v) is 3.03. The molecule has 1 aromatic carbocycles. The quantitative estimate of drug-likeness (QED) is 0.556. The van der Waals surface area contributed by atoms with Crippen LogP contribution in [0.4, 0.5) is 0 Å². The molecule has 2 aromatic rings. The summed E-state index contributed by atoms with van der Waals surface area (Å²) >= 11 is 0. The van der Waals surface area contributed by atoms with Crippen molar-refractivity contribution in [2.75, 3.05) is 0 Å². The summed E-state index contributed by atoms with van der Waals surface area (Å²) in [6.07, 6.45) is 0. The average Bonchev–Trinajstić information content (AvgIpc) is 2.50. The smallest absolute Gasteiger partial charge is 0.188 e. The van der Waals surface area contributed by atoms with Crippen LogP contribution in [0.15, 0.2) is 22.7 Å². The third-order valence-electron chi connectivity index (χ3n) is 1.40. The van der Waals surface area contributed by atoms with Gasteiger partial charge in [-0.25, -0.2) is 0 Å². The molecule has 0 fully saturated rings. The Bertz CT molecular complexity index is 426. The van der Waals surface area contributed by atoms with Gasteiger partial charge in [0, 0.05) is 5.27 Å². The number of fused-ring (bicyclic) bond motifs is 1. The molecule has 0 amide bonds. The molecule has 0 N–H and O–H groups in total. The van der Waals surface area contributed by atoms with Crippen molar-refractivity contribution < 1.29 is 4.52 Å². The van der Waals surface area contributed by atoms with E-state index < -0.39 is 0 Å². The van der Waals surface area contributed by atoms with E-state index >= 15 is 0 Å². The Kier molecular flexibility index (Phi) is 1.10. The van der Waals surface area contributed by atoms with Crippen molar-refractivity contribution >= 4 is 11.1 Å². The first-order chi connectivity index (χ1) is 5.42. The molecule has 0 spiro atoms. The summed E-state index contributed by atoms with van der Waals surface area (Å²) in [5.74, 6) is 0. The first kappa shape index (κ1) is 5.86. The Labute approximate surface area is 62.0 Å². The van der Waals surface area contributed by atoms with Crippen molar-refractivity contribution in [2.24, 2.45) is 0 Å². The molecule has 0 bridgehead atoms. The SMILES string of the molecule is N#Cc1cccc2onnc12. The minimum absolute atomic E-state index is 0.490. The second-order valence-electron chi connectivity index (χ2n) is 2.04. The first-order valence-electron chi connectivity index (χ1n) is 3.03. The highest BCUT2D eigenvalue weighted by molar-refractivity contribution is 5.78. The molecule has 1 aromatic heterocycles. The van der Waals surface area contributed by atoms with Gasteiger partial charge < -0.3 is 4.52 Å². The van der Waals surface area contributed by atoms with Gasteiger partial charge in [0.1, 0.15) is 6.07 Å². The van der Waals surface area contributed by atoms with E-state index in [1.165, 1.54) is 0 Å². The van der Waals surface area contributed by atoms with Gasteiger partial charge in [0.2, 0.25) is 0 Å². The van der Waals surface area contributed by atoms with Gasteiger partial charge >= 0.3 is 0 Å². The molecule has 0 radical (unpaired) electrons. The van der Waals surface area contributed by atoms with Crippen LogP contribution in [0.2, 0.25) is 0 Å². The second-order valence-corrected chi connectivity index (χ2v) is 2.04. The summed E-state index contributed by atoms with van der Waals surface area (Å²) in [5, 5.41) is 15.6. The zero-order valence-electron chi connectivity index (χ0n) is 5.48. The van der Waals surface area contributed by atoms with E-state index in [1.54, 1.807) is 18.2 Å². The summed E-state index contributed by atoms with van der Waals surface area (Å²) < 4.78 is 4.75. The van der Waals surface area contributed by atoms with Crippen LogP contribution in [0.5, 0.6) is 0 Å². The molecular weight excluding hydrogens is 142 g/mol. The zero-order valence-corrected chi connectivity index (χ0v) is 5.48. The van der Waals surface area contributed by atoms with Gasteiger partial charge in [-0.15, -0.1) is 5.10 Å². The predicted octanol–water partition coefficient (Wildman–Crippen LogP) is 1.09. The molecular formula is C7H3N3O. The van der Waals surface area contributed by atoms with Crippen molar-refractivity contribution in [3.05, 3.63) is 23.8 Å². The summed E-state index contributed by atoms with van der Waals surface area (Å²) in [7, 11) is 0. The number of nitrogens with zero attached hydrogens (tertiary/aromatic N) is 3. The fraction of sp³-hybridized carbons (Fsp3) is 0. The Morgan fingerprint density at radius 2 is 2.36 bits per heavy atom. The van der Waals surface area contributed by atoms with Crippen molar-refractivity contribution in [3.8, 4) is 6.07 Å². The Morgan fingerprint density at radius 3 is 3.18 bits per heavy atom. The number of hydrogen-bond acceptors (Lipinski definition) is 4. The molecule has 0 unspecified atom stereocenters. The lowest BCUT2D eigenvalue weighted by atomic mass is 10.2. The summed E-state index contributed by atoms with van der Waals surface area (Å²) in [6.45, 7) is 0. The van der Waals surface area contributed by atoms with E-state index in [4.69, 9.17) is 9.78 Å². The molecule has 11 heavy (non-hydrogen) atoms. The zero-order chi connectivity index (χ0) is 7.68. The number of hydrogen-bond donors (Lipinski definition) is 0. The maximum atomic E-state index is 8.59. The molecule has 52 valence electrons. The number of rotatable bonds is 0. The average molecular weight is 145 g/mol. The topological polar surface area (TPSA) is 62.7 Å². The highest BCUT2D eigenvalue weighted by atomic mass is 16.5. The molecule has 0 aliphatic carbocycles. The third kappa shape index (κ3) is 0.749. The molecule has 0 aliphatic rings. The minimum atomic E-state index is 0.490. The van der Waals surface area contributed by atoms with Crippen LogP contribution in [-0.2, 0) is 0 Å². The molecule has 1 heterocycles. The van der Waals surface area contributed by atoms with Crippen LogP contribution in [0.3, 0.4) is 0 Å². The lowest BCUT2D eigenvalue weighted by Gasteiger charge is -1.84. The minimum Gasteiger partial charge on any atom is -0.337 e. The van der Waals surface area contributed by atoms with Gasteiger partial charge in [0.25, 0.3) is 0 Å². The fourth-order valence-corrected chi connectivity index (χ4v) is 0.895. The molecule has 4 heteroatoms. The van der Waals surface area contributed by atoms with Crippen LogP contribution >= 0.6 is 0 Å². The predicted molar refractivity (Wildman–Crippen MR) is 36.5 cm³/mol. The molecule has 0 atom stereocenters. The van der Waals surface area contributed by atoms with E-state index in [1.807, 2.05) is 6.07 Å². The van der Waals surface area contributed by atoms with Crippen LogP contribution < -0.4 is 0 Å². The van der Waals surface area contributed by atoms with Crippen molar-refractivity contribution in [1.82, 2.24) is 10.4 Å². The molecule has 4 nitrogen and oxygen atoms in total. The van der Waals surface area contributed by atoms with Gasteiger partial charge in [-0.1, -0.05) is 6.07 Å². The molecule has 0 saturated heterocycles. The second kappa shape index (κ2) is 2.06. The number of benzene rings is 1. The molecule has 2 rings (SSSR count). The molecule has 0 aliphatic heterocycles. The van der Waals surface area contributed by atoms with E-state index in [0.717, 1.165) is 0 Å². The Morgan fingerprint density at radius 1 is 1.45 bits per heavy atom. The highest BCUT2D eigenvalue weighted by Gasteiger charge is 2.03. The monoisotopic (exact) mass is 145 g/mol. The van der Waals surface area contributed by atoms with Gasteiger partial charge in [0.05, 0.1) is 5.56 Å². The molecule has 0 saturated carbocycles. The maximum Gasteiger partial charge on any atom is 0.188 e. The number of nitriles is 1. The standard InChI is InChI=1S/C7H3N3O/c8-4-5-2-1-3-6-7(5)9-10-11-6/h1-3H. The normalized spacial score (nSPS) is 9.73. The van der Waals surface area contributed by atoms with Gasteiger partial charge in [-0.05, 0) is 12.1 Å². The van der Waals surface area contributed by atoms with Crippen molar-refractivity contribution in [1.29, 1.82) is 5.26 Å². The van der Waals surface area contributed by atoms with E-state index in [2.05, 4.69) is 10.4 Å². The van der Waals surface area contributed by atoms with Gasteiger partial charge in [-0.2, -0.15) is 5.26 Å². The van der Waals surface area contributed by atoms with E-state index in [9.17, 15) is 0 Å². The summed E-state index contributed by atoms with van der Waals surface area (Å²) in [5.41, 5.74) is 1.56. The highest BCUT2D eigenvalue weighted by Crippen LogP contribution is 2.13. The lowest BCUT2D eigenvalue weighted by molar-refractivity contribution is 0.424. The van der Waals surface area contributed by atoms with Crippen molar-refractivity contribution in [2.45, 2.75) is 0 Å². The van der Waals surface area contributed by atoms with Crippen LogP contribution in [0.1, 0.15) is 5.56 Å². The Hall–Kier alpha value is -1.89. The maximum absolute atomic E-state index is 8.59. The van der Waals surface area contributed by atoms with Gasteiger partial charge in [0.15, 0.2) is 11.1 Å². The van der Waals surface area contributed by atoms with Gasteiger partial charge in [-0.3, -0.25) is 0 Å². The largest absolute Gasteiger partial charge is 0.337 e. The third-order valence-corrected chi connectivity index (χ3v) is 1.40. The summed E-state index contributed by atoms with van der Waals surface area (Å²) in [6, 6.07) is 7.12. The Balaban J connectivity index is 2.92. The lowest BCUT2D eigenvalue weighted by Crippen LogP contribution is -1.75. The van der Waals surface area contributed by atoms with Crippen LogP contribution in [-0.4, -0.2) is 10.4 Å². The van der Waals surface area contributed by atoms with Crippen molar-refractivity contribution in [3.63, 3.8) is 0 Å². The summed E-state index contributed by atoms with van der Waals surface area (Å²) in [4.78, 5) is 0.